The lowest BCUT2D eigenvalue weighted by molar-refractivity contribution is 0.577. The van der Waals surface area contributed by atoms with E-state index in [1.54, 1.807) is 0 Å². The molecule has 0 aliphatic heterocycles. The molecule has 2 heteroatoms. The van der Waals surface area contributed by atoms with Gasteiger partial charge in [0.05, 0.1) is 0 Å². The number of para-hydroxylation sites is 1. The van der Waals surface area contributed by atoms with Crippen LogP contribution in [0.1, 0.15) is 19.4 Å². The molecular formula is C19H24N2. The lowest BCUT2D eigenvalue weighted by atomic mass is 10.1. The number of nitrogens with one attached hydrogen (secondary N) is 2. The van der Waals surface area contributed by atoms with Crippen LogP contribution in [0.5, 0.6) is 0 Å². The fourth-order valence-corrected chi connectivity index (χ4v) is 2.53. The van der Waals surface area contributed by atoms with Crippen LogP contribution in [0, 0.1) is 0 Å². The quantitative estimate of drug-likeness (QED) is 0.724. The minimum Gasteiger partial charge on any atom is -0.361 e. The maximum atomic E-state index is 3.76. The van der Waals surface area contributed by atoms with E-state index in [1.165, 1.54) is 22.0 Å². The number of benzene rings is 1. The molecule has 0 amide bonds. The van der Waals surface area contributed by atoms with E-state index in [4.69, 9.17) is 0 Å². The Morgan fingerprint density at radius 1 is 1.38 bits per heavy atom. The van der Waals surface area contributed by atoms with Gasteiger partial charge in [-0.15, -0.1) is 0 Å². The molecule has 1 unspecified atom stereocenters. The summed E-state index contributed by atoms with van der Waals surface area (Å²) in [7, 11) is 0. The number of hydrogen-bond acceptors (Lipinski definition) is 1. The van der Waals surface area contributed by atoms with E-state index >= 15 is 0 Å². The highest BCUT2D eigenvalue weighted by atomic mass is 14.9. The molecule has 0 bridgehead atoms. The van der Waals surface area contributed by atoms with E-state index in [0.29, 0.717) is 6.04 Å². The predicted octanol–water partition coefficient (Wildman–Crippen LogP) is 4.38. The van der Waals surface area contributed by atoms with E-state index in [1.807, 2.05) is 19.1 Å². The van der Waals surface area contributed by atoms with E-state index in [2.05, 4.69) is 66.4 Å². The first-order chi connectivity index (χ1) is 10.2. The van der Waals surface area contributed by atoms with E-state index in [9.17, 15) is 0 Å². The van der Waals surface area contributed by atoms with Gasteiger partial charge in [-0.05, 0) is 37.5 Å². The van der Waals surface area contributed by atoms with Gasteiger partial charge in [-0.3, -0.25) is 0 Å². The Bertz CT molecular complexity index is 646. The summed E-state index contributed by atoms with van der Waals surface area (Å²) in [6, 6.07) is 8.87. The molecule has 0 aliphatic rings. The Labute approximate surface area is 127 Å². The van der Waals surface area contributed by atoms with Gasteiger partial charge in [0.2, 0.25) is 0 Å². The molecule has 2 aromatic rings. The van der Waals surface area contributed by atoms with Crippen LogP contribution in [0.25, 0.3) is 10.9 Å². The van der Waals surface area contributed by atoms with Crippen molar-refractivity contribution in [1.29, 1.82) is 0 Å². The summed E-state index contributed by atoms with van der Waals surface area (Å²) in [6.07, 6.45) is 11.2. The van der Waals surface area contributed by atoms with Crippen molar-refractivity contribution in [2.45, 2.75) is 26.3 Å². The molecule has 0 saturated heterocycles. The smallest absolute Gasteiger partial charge is 0.0456 e. The maximum absolute atomic E-state index is 3.76. The number of hydrogen-bond donors (Lipinski definition) is 2. The first kappa shape index (κ1) is 15.3. The van der Waals surface area contributed by atoms with Crippen molar-refractivity contribution in [2.24, 2.45) is 0 Å². The molecule has 21 heavy (non-hydrogen) atoms. The van der Waals surface area contributed by atoms with Crippen molar-refractivity contribution in [3.8, 4) is 0 Å². The second-order valence-corrected chi connectivity index (χ2v) is 5.32. The van der Waals surface area contributed by atoms with Crippen LogP contribution in [-0.2, 0) is 6.42 Å². The summed E-state index contributed by atoms with van der Waals surface area (Å²) in [5.41, 5.74) is 3.82. The third-order valence-corrected chi connectivity index (χ3v) is 3.57. The van der Waals surface area contributed by atoms with Crippen LogP contribution in [0.15, 0.2) is 66.9 Å². The zero-order valence-corrected chi connectivity index (χ0v) is 12.9. The van der Waals surface area contributed by atoms with Gasteiger partial charge in [0.15, 0.2) is 0 Å². The maximum Gasteiger partial charge on any atom is 0.0456 e. The van der Waals surface area contributed by atoms with Crippen LogP contribution in [0.3, 0.4) is 0 Å². The number of aromatic amines is 1. The second-order valence-electron chi connectivity index (χ2n) is 5.32. The van der Waals surface area contributed by atoms with Crippen LogP contribution < -0.4 is 5.32 Å². The van der Waals surface area contributed by atoms with Gasteiger partial charge < -0.3 is 10.3 Å². The van der Waals surface area contributed by atoms with Crippen LogP contribution in [0.4, 0.5) is 0 Å². The minimum atomic E-state index is 0.419. The fourth-order valence-electron chi connectivity index (χ4n) is 2.53. The van der Waals surface area contributed by atoms with Crippen LogP contribution >= 0.6 is 0 Å². The highest BCUT2D eigenvalue weighted by Gasteiger charge is 2.08. The molecule has 0 radical (unpaired) electrons. The van der Waals surface area contributed by atoms with Crippen molar-refractivity contribution >= 4 is 10.9 Å². The average molecular weight is 280 g/mol. The van der Waals surface area contributed by atoms with Gasteiger partial charge in [-0.1, -0.05) is 49.1 Å². The molecule has 1 heterocycles. The molecular weight excluding hydrogens is 256 g/mol. The van der Waals surface area contributed by atoms with E-state index in [-0.39, 0.29) is 0 Å². The third kappa shape index (κ3) is 4.20. The van der Waals surface area contributed by atoms with Gasteiger partial charge in [0.25, 0.3) is 0 Å². The van der Waals surface area contributed by atoms with Gasteiger partial charge in [-0.25, -0.2) is 0 Å². The van der Waals surface area contributed by atoms with Gasteiger partial charge >= 0.3 is 0 Å². The molecule has 1 aromatic carbocycles. The van der Waals surface area contributed by atoms with Gasteiger partial charge in [-0.2, -0.15) is 0 Å². The summed E-state index contributed by atoms with van der Waals surface area (Å²) in [6.45, 7) is 8.88. The lowest BCUT2D eigenvalue weighted by Gasteiger charge is -2.14. The summed E-state index contributed by atoms with van der Waals surface area (Å²) in [5.74, 6) is 0. The average Bonchev–Trinajstić information content (AvgIpc) is 2.89. The summed E-state index contributed by atoms with van der Waals surface area (Å²) in [4.78, 5) is 3.34. The summed E-state index contributed by atoms with van der Waals surface area (Å²) in [5, 5.41) is 4.89. The molecule has 1 aromatic heterocycles. The van der Waals surface area contributed by atoms with E-state index < -0.39 is 0 Å². The van der Waals surface area contributed by atoms with Gasteiger partial charge in [0.1, 0.15) is 0 Å². The normalized spacial score (nSPS) is 13.9. The fraction of sp³-hybridized carbons (Fsp3) is 0.263. The lowest BCUT2D eigenvalue weighted by Crippen LogP contribution is -2.29. The Balaban J connectivity index is 1.97. The molecule has 2 rings (SSSR count). The highest BCUT2D eigenvalue weighted by Crippen LogP contribution is 2.19. The Kier molecular flexibility index (Phi) is 5.59. The van der Waals surface area contributed by atoms with Gasteiger partial charge in [0, 0.05) is 29.7 Å². The Morgan fingerprint density at radius 3 is 2.95 bits per heavy atom. The van der Waals surface area contributed by atoms with E-state index in [0.717, 1.165) is 13.0 Å². The summed E-state index contributed by atoms with van der Waals surface area (Å²) >= 11 is 0. The third-order valence-electron chi connectivity index (χ3n) is 3.57. The molecule has 110 valence electrons. The number of fused-ring (bicyclic) bond motifs is 1. The second kappa shape index (κ2) is 7.65. The zero-order chi connectivity index (χ0) is 15.1. The number of rotatable bonds is 7. The monoisotopic (exact) mass is 280 g/mol. The molecule has 2 nitrogen and oxygen atoms in total. The first-order valence-electron chi connectivity index (χ1n) is 7.47. The topological polar surface area (TPSA) is 27.8 Å². The largest absolute Gasteiger partial charge is 0.361 e. The van der Waals surface area contributed by atoms with Crippen molar-refractivity contribution in [3.63, 3.8) is 0 Å². The molecule has 0 spiro atoms. The Morgan fingerprint density at radius 2 is 2.19 bits per heavy atom. The van der Waals surface area contributed by atoms with Crippen molar-refractivity contribution < 1.29 is 0 Å². The number of H-pyrrole nitrogens is 1. The van der Waals surface area contributed by atoms with Crippen LogP contribution in [0.2, 0.25) is 0 Å². The molecule has 0 aliphatic carbocycles. The standard InChI is InChI=1S/C19H24N2/c1-4-8-16(9-5-2)13-20-15(3)12-17-14-21-19-11-7-6-10-18(17)19/h4-11,14-15,20-21H,1,12-13H2,2-3H3/b9-5-,16-8+. The van der Waals surface area contributed by atoms with Crippen LogP contribution in [-0.4, -0.2) is 17.6 Å². The number of allylic oxidation sites excluding steroid dienone is 3. The predicted molar refractivity (Wildman–Crippen MR) is 92.6 cm³/mol. The first-order valence-corrected chi connectivity index (χ1v) is 7.47. The molecule has 0 fully saturated rings. The van der Waals surface area contributed by atoms with Crippen molar-refractivity contribution in [2.75, 3.05) is 6.54 Å². The van der Waals surface area contributed by atoms with Crippen molar-refractivity contribution in [3.05, 3.63) is 72.5 Å². The SMILES string of the molecule is C=C/C=C(\C=C/C)CNC(C)Cc1c[nH]c2ccccc12. The minimum absolute atomic E-state index is 0.419. The zero-order valence-electron chi connectivity index (χ0n) is 12.9. The van der Waals surface area contributed by atoms with Crippen molar-refractivity contribution in [1.82, 2.24) is 10.3 Å². The molecule has 2 N–H and O–H groups in total. The number of aromatic nitrogens is 1. The molecule has 1 atom stereocenters. The Hall–Kier alpha value is -2.06. The highest BCUT2D eigenvalue weighted by molar-refractivity contribution is 5.83. The molecule has 0 saturated carbocycles. The summed E-state index contributed by atoms with van der Waals surface area (Å²) < 4.78 is 0.